The van der Waals surface area contributed by atoms with Crippen molar-refractivity contribution in [2.75, 3.05) is 13.2 Å². The minimum absolute atomic E-state index is 0.248. The second kappa shape index (κ2) is 4.09. The molecule has 0 radical (unpaired) electrons. The molecule has 0 aliphatic carbocycles. The zero-order valence-electron chi connectivity index (χ0n) is 10.3. The van der Waals surface area contributed by atoms with Crippen LogP contribution in [0.2, 0.25) is 0 Å². The van der Waals surface area contributed by atoms with Crippen LogP contribution in [0, 0.1) is 0 Å². The molecule has 0 amide bonds. The first-order chi connectivity index (χ1) is 9.79. The van der Waals surface area contributed by atoms with Gasteiger partial charge < -0.3 is 14.5 Å². The minimum atomic E-state index is -0.248. The first-order valence-corrected chi connectivity index (χ1v) is 6.15. The third-order valence-corrected chi connectivity index (χ3v) is 3.07. The largest absolute Gasteiger partial charge is 0.486 e. The lowest BCUT2D eigenvalue weighted by atomic mass is 10.2. The molecule has 0 fully saturated rings. The lowest BCUT2D eigenvalue weighted by Gasteiger charge is -2.17. The van der Waals surface area contributed by atoms with Gasteiger partial charge in [-0.25, -0.2) is 10.1 Å². The number of aromatic nitrogens is 4. The van der Waals surface area contributed by atoms with Gasteiger partial charge in [0.1, 0.15) is 18.9 Å². The van der Waals surface area contributed by atoms with Crippen molar-refractivity contribution in [3.05, 3.63) is 34.6 Å². The van der Waals surface area contributed by atoms with Crippen LogP contribution >= 0.6 is 0 Å². The van der Waals surface area contributed by atoms with E-state index in [1.54, 1.807) is 6.07 Å². The zero-order valence-corrected chi connectivity index (χ0v) is 10.3. The van der Waals surface area contributed by atoms with E-state index in [1.807, 2.05) is 12.1 Å². The van der Waals surface area contributed by atoms with Crippen LogP contribution in [0.1, 0.15) is 0 Å². The van der Waals surface area contributed by atoms with Crippen LogP contribution in [0.3, 0.4) is 0 Å². The van der Waals surface area contributed by atoms with Crippen molar-refractivity contribution in [1.82, 2.24) is 20.2 Å². The molecule has 1 aliphatic heterocycles. The summed E-state index contributed by atoms with van der Waals surface area (Å²) in [6, 6.07) is 6.71. The topological polar surface area (TPSA) is 92.9 Å². The molecule has 3 aromatic rings. The van der Waals surface area contributed by atoms with E-state index < -0.39 is 0 Å². The van der Waals surface area contributed by atoms with Crippen molar-refractivity contribution < 1.29 is 9.47 Å². The summed E-state index contributed by atoms with van der Waals surface area (Å²) in [5.74, 6) is 1.98. The van der Waals surface area contributed by atoms with E-state index in [-0.39, 0.29) is 5.56 Å². The molecule has 0 saturated carbocycles. The lowest BCUT2D eigenvalue weighted by Crippen LogP contribution is -2.15. The fourth-order valence-corrected chi connectivity index (χ4v) is 2.14. The van der Waals surface area contributed by atoms with Crippen LogP contribution in [-0.4, -0.2) is 33.4 Å². The van der Waals surface area contributed by atoms with Crippen LogP contribution < -0.4 is 15.0 Å². The molecule has 0 atom stereocenters. The third-order valence-electron chi connectivity index (χ3n) is 3.07. The third kappa shape index (κ3) is 1.71. The van der Waals surface area contributed by atoms with E-state index in [4.69, 9.17) is 9.47 Å². The molecule has 0 saturated heterocycles. The number of ether oxygens (including phenoxy) is 2. The first kappa shape index (κ1) is 11.0. The first-order valence-electron chi connectivity index (χ1n) is 6.15. The Bertz CT molecular complexity index is 789. The summed E-state index contributed by atoms with van der Waals surface area (Å²) in [6.45, 7) is 1.08. The number of nitrogens with one attached hydrogen (secondary N) is 2. The Morgan fingerprint density at radius 1 is 1.10 bits per heavy atom. The van der Waals surface area contributed by atoms with Crippen LogP contribution in [0.15, 0.2) is 29.1 Å². The maximum absolute atomic E-state index is 11.0. The van der Waals surface area contributed by atoms with Crippen molar-refractivity contribution in [3.63, 3.8) is 0 Å². The molecule has 4 rings (SSSR count). The number of nitrogens with zero attached hydrogens (tertiary/aromatic N) is 2. The van der Waals surface area contributed by atoms with Crippen LogP contribution in [0.4, 0.5) is 0 Å². The Balaban J connectivity index is 1.86. The standard InChI is InChI=1S/C13H10N4O3/c18-12-2-1-7(16-17-12)13-14-8-5-10-11(6-9(8)15-13)20-4-3-19-10/h1-2,5-6H,3-4H2,(H,14,15)(H,17,18). The summed E-state index contributed by atoms with van der Waals surface area (Å²) in [5, 5.41) is 6.33. The van der Waals surface area contributed by atoms with Gasteiger partial charge in [0.05, 0.1) is 11.0 Å². The van der Waals surface area contributed by atoms with E-state index in [1.165, 1.54) is 6.07 Å². The van der Waals surface area contributed by atoms with Gasteiger partial charge in [-0.1, -0.05) is 0 Å². The highest BCUT2D eigenvalue weighted by molar-refractivity contribution is 5.82. The average molecular weight is 270 g/mol. The minimum Gasteiger partial charge on any atom is -0.486 e. The van der Waals surface area contributed by atoms with Gasteiger partial charge in [-0.2, -0.15) is 5.10 Å². The number of rotatable bonds is 1. The monoisotopic (exact) mass is 270 g/mol. The highest BCUT2D eigenvalue weighted by atomic mass is 16.6. The van der Waals surface area contributed by atoms with Gasteiger partial charge in [-0.05, 0) is 6.07 Å². The van der Waals surface area contributed by atoms with Gasteiger partial charge in [-0.15, -0.1) is 0 Å². The van der Waals surface area contributed by atoms with Crippen LogP contribution in [0.25, 0.3) is 22.6 Å². The average Bonchev–Trinajstić information content (AvgIpc) is 2.88. The molecule has 0 unspecified atom stereocenters. The van der Waals surface area contributed by atoms with E-state index in [0.717, 1.165) is 11.0 Å². The van der Waals surface area contributed by atoms with Crippen LogP contribution in [-0.2, 0) is 0 Å². The number of hydrogen-bond donors (Lipinski definition) is 2. The molecular formula is C13H10N4O3. The maximum atomic E-state index is 11.0. The van der Waals surface area contributed by atoms with Gasteiger partial charge in [-0.3, -0.25) is 4.79 Å². The van der Waals surface area contributed by atoms with E-state index in [9.17, 15) is 4.79 Å². The van der Waals surface area contributed by atoms with Gasteiger partial charge in [0.15, 0.2) is 17.3 Å². The summed E-state index contributed by atoms with van der Waals surface area (Å²) in [5.41, 5.74) is 1.91. The summed E-state index contributed by atoms with van der Waals surface area (Å²) in [6.07, 6.45) is 0. The highest BCUT2D eigenvalue weighted by Crippen LogP contribution is 2.34. The van der Waals surface area contributed by atoms with Crippen molar-refractivity contribution in [2.45, 2.75) is 0 Å². The number of imidazole rings is 1. The number of fused-ring (bicyclic) bond motifs is 2. The predicted octanol–water partition coefficient (Wildman–Crippen LogP) is 1.08. The molecule has 3 heterocycles. The molecule has 0 spiro atoms. The normalized spacial score (nSPS) is 13.6. The van der Waals surface area contributed by atoms with E-state index >= 15 is 0 Å². The molecule has 7 nitrogen and oxygen atoms in total. The molecule has 0 bridgehead atoms. The second-order valence-corrected chi connectivity index (χ2v) is 4.40. The highest BCUT2D eigenvalue weighted by Gasteiger charge is 2.15. The van der Waals surface area contributed by atoms with Crippen LogP contribution in [0.5, 0.6) is 11.5 Å². The fraction of sp³-hybridized carbons (Fsp3) is 0.154. The summed E-state index contributed by atoms with van der Waals surface area (Å²) < 4.78 is 11.0. The van der Waals surface area contributed by atoms with E-state index in [0.29, 0.717) is 36.2 Å². The maximum Gasteiger partial charge on any atom is 0.264 e. The number of benzene rings is 1. The summed E-state index contributed by atoms with van der Waals surface area (Å²) >= 11 is 0. The van der Waals surface area contributed by atoms with Gasteiger partial charge in [0.2, 0.25) is 0 Å². The van der Waals surface area contributed by atoms with Gasteiger partial charge >= 0.3 is 0 Å². The summed E-state index contributed by atoms with van der Waals surface area (Å²) in [4.78, 5) is 18.6. The fourth-order valence-electron chi connectivity index (χ4n) is 2.14. The predicted molar refractivity (Wildman–Crippen MR) is 70.9 cm³/mol. The molecule has 2 N–H and O–H groups in total. The number of H-pyrrole nitrogens is 2. The quantitative estimate of drug-likeness (QED) is 0.690. The lowest BCUT2D eigenvalue weighted by molar-refractivity contribution is 0.172. The molecular weight excluding hydrogens is 260 g/mol. The van der Waals surface area contributed by atoms with E-state index in [2.05, 4.69) is 20.2 Å². The van der Waals surface area contributed by atoms with Gasteiger partial charge in [0, 0.05) is 18.2 Å². The molecule has 2 aromatic heterocycles. The molecule has 20 heavy (non-hydrogen) atoms. The SMILES string of the molecule is O=c1ccc(-c2nc3cc4c(cc3[nH]2)OCCO4)n[nH]1. The Morgan fingerprint density at radius 2 is 1.90 bits per heavy atom. The molecule has 7 heteroatoms. The van der Waals surface area contributed by atoms with Crippen molar-refractivity contribution >= 4 is 11.0 Å². The Labute approximate surface area is 112 Å². The zero-order chi connectivity index (χ0) is 13.5. The van der Waals surface area contributed by atoms with Crippen molar-refractivity contribution in [1.29, 1.82) is 0 Å². The second-order valence-electron chi connectivity index (χ2n) is 4.40. The molecule has 1 aliphatic rings. The Kier molecular flexibility index (Phi) is 2.26. The number of hydrogen-bond acceptors (Lipinski definition) is 5. The smallest absolute Gasteiger partial charge is 0.264 e. The van der Waals surface area contributed by atoms with Crippen molar-refractivity contribution in [3.8, 4) is 23.0 Å². The van der Waals surface area contributed by atoms with Gasteiger partial charge in [0.25, 0.3) is 5.56 Å². The Morgan fingerprint density at radius 3 is 2.65 bits per heavy atom. The molecule has 1 aromatic carbocycles. The summed E-state index contributed by atoms with van der Waals surface area (Å²) in [7, 11) is 0. The Hall–Kier alpha value is -2.83. The molecule has 100 valence electrons. The number of aromatic amines is 2. The van der Waals surface area contributed by atoms with Crippen molar-refractivity contribution in [2.24, 2.45) is 0 Å².